The Morgan fingerprint density at radius 3 is 2.85 bits per heavy atom. The molecule has 0 unspecified atom stereocenters. The first-order valence-corrected chi connectivity index (χ1v) is 10.5. The van der Waals surface area contributed by atoms with Gasteiger partial charge in [0.05, 0.1) is 5.25 Å². The molecule has 0 atom stereocenters. The van der Waals surface area contributed by atoms with Gasteiger partial charge in [0.15, 0.2) is 17.3 Å². The van der Waals surface area contributed by atoms with E-state index in [2.05, 4.69) is 30.7 Å². The van der Waals surface area contributed by atoms with Crippen LogP contribution in [-0.4, -0.2) is 28.3 Å². The number of nitrogens with zero attached hydrogens (tertiary/aromatic N) is 3. The van der Waals surface area contributed by atoms with Crippen molar-refractivity contribution >= 4 is 49.0 Å². The van der Waals surface area contributed by atoms with Gasteiger partial charge in [0.1, 0.15) is 0 Å². The van der Waals surface area contributed by atoms with Crippen molar-refractivity contribution in [3.63, 3.8) is 0 Å². The van der Waals surface area contributed by atoms with E-state index in [9.17, 15) is 8.42 Å². The molecule has 3 aromatic rings. The van der Waals surface area contributed by atoms with Crippen LogP contribution < -0.4 is 4.72 Å². The van der Waals surface area contributed by atoms with E-state index < -0.39 is 21.1 Å². The van der Waals surface area contributed by atoms with E-state index in [-0.39, 0.29) is 23.4 Å². The molecule has 1 saturated carbocycles. The van der Waals surface area contributed by atoms with Gasteiger partial charge < -0.3 is 0 Å². The number of benzene rings is 1. The van der Waals surface area contributed by atoms with Gasteiger partial charge in [0, 0.05) is 33.9 Å². The van der Waals surface area contributed by atoms with E-state index in [1.54, 1.807) is 18.2 Å². The summed E-state index contributed by atoms with van der Waals surface area (Å²) in [5.74, 6) is -0.670. The maximum atomic E-state index is 15.0. The van der Waals surface area contributed by atoms with E-state index in [0.717, 1.165) is 4.47 Å². The van der Waals surface area contributed by atoms with E-state index in [1.165, 1.54) is 16.9 Å². The Morgan fingerprint density at radius 2 is 2.15 bits per heavy atom. The van der Waals surface area contributed by atoms with Crippen LogP contribution in [0.2, 0.25) is 5.02 Å². The van der Waals surface area contributed by atoms with Crippen LogP contribution in [0.5, 0.6) is 0 Å². The molecule has 4 rings (SSSR count). The molecule has 2 heterocycles. The number of hydrogen-bond donors (Lipinski definition) is 1. The molecule has 136 valence electrons. The van der Waals surface area contributed by atoms with Gasteiger partial charge >= 0.3 is 0 Å². The van der Waals surface area contributed by atoms with Crippen molar-refractivity contribution in [1.29, 1.82) is 0 Å². The largest absolute Gasteiger partial charge is 0.265 e. The SMILES string of the molecule is O=S(=O)(Nc1nn2ccnc2c(F)c1Cc1ccc(Br)cc1Cl)C1CC1. The molecule has 0 spiro atoms. The standard InChI is InChI=1S/C16H13BrClFN4O2S/c17-10-2-1-9(13(18)8-10)7-12-14(19)16-20-5-6-23(16)21-15(12)22-26(24,25)11-3-4-11/h1-2,5-6,8,11H,3-4,7H2,(H,21,22). The lowest BCUT2D eigenvalue weighted by Gasteiger charge is -2.14. The topological polar surface area (TPSA) is 76.4 Å². The van der Waals surface area contributed by atoms with Gasteiger partial charge in [-0.3, -0.25) is 4.72 Å². The predicted octanol–water partition coefficient (Wildman–Crippen LogP) is 3.78. The normalized spacial score (nSPS) is 14.7. The van der Waals surface area contributed by atoms with Crippen molar-refractivity contribution < 1.29 is 12.8 Å². The van der Waals surface area contributed by atoms with E-state index in [0.29, 0.717) is 23.4 Å². The third-order valence-electron chi connectivity index (χ3n) is 4.16. The number of aromatic nitrogens is 3. The van der Waals surface area contributed by atoms with E-state index in [1.807, 2.05) is 0 Å². The van der Waals surface area contributed by atoms with E-state index >= 15 is 4.39 Å². The van der Waals surface area contributed by atoms with Crippen molar-refractivity contribution in [3.8, 4) is 0 Å². The average Bonchev–Trinajstić information content (AvgIpc) is 3.33. The molecule has 1 N–H and O–H groups in total. The van der Waals surface area contributed by atoms with Gasteiger partial charge in [0.25, 0.3) is 0 Å². The molecular formula is C16H13BrClFN4O2S. The zero-order valence-corrected chi connectivity index (χ0v) is 16.4. The highest BCUT2D eigenvalue weighted by Gasteiger charge is 2.37. The Balaban J connectivity index is 1.82. The molecule has 1 aliphatic carbocycles. The van der Waals surface area contributed by atoms with Gasteiger partial charge in [-0.25, -0.2) is 22.3 Å². The number of imidazole rings is 1. The van der Waals surface area contributed by atoms with Crippen molar-refractivity contribution in [3.05, 3.63) is 57.0 Å². The minimum Gasteiger partial charge on any atom is -0.265 e. The summed E-state index contributed by atoms with van der Waals surface area (Å²) in [5, 5.41) is 4.20. The third kappa shape index (κ3) is 3.30. The summed E-state index contributed by atoms with van der Waals surface area (Å²) < 4.78 is 44.2. The molecular weight excluding hydrogens is 447 g/mol. The molecule has 26 heavy (non-hydrogen) atoms. The Bertz CT molecular complexity index is 1110. The monoisotopic (exact) mass is 458 g/mol. The molecule has 1 aromatic carbocycles. The molecule has 0 radical (unpaired) electrons. The fourth-order valence-electron chi connectivity index (χ4n) is 2.64. The highest BCUT2D eigenvalue weighted by atomic mass is 79.9. The second-order valence-corrected chi connectivity index (χ2v) is 9.38. The minimum absolute atomic E-state index is 0.0302. The van der Waals surface area contributed by atoms with Crippen LogP contribution in [0.1, 0.15) is 24.0 Å². The zero-order valence-electron chi connectivity index (χ0n) is 13.3. The molecule has 10 heteroatoms. The fraction of sp³-hybridized carbons (Fsp3) is 0.250. The quantitative estimate of drug-likeness (QED) is 0.630. The summed E-state index contributed by atoms with van der Waals surface area (Å²) in [5.41, 5.74) is 0.790. The number of hydrogen-bond acceptors (Lipinski definition) is 4. The molecule has 1 aliphatic rings. The van der Waals surface area contributed by atoms with Crippen LogP contribution in [0, 0.1) is 5.82 Å². The van der Waals surface area contributed by atoms with E-state index in [4.69, 9.17) is 11.6 Å². The maximum Gasteiger partial charge on any atom is 0.236 e. The maximum absolute atomic E-state index is 15.0. The number of halogens is 3. The fourth-order valence-corrected chi connectivity index (χ4v) is 4.73. The van der Waals surface area contributed by atoms with Gasteiger partial charge in [-0.15, -0.1) is 5.10 Å². The first kappa shape index (κ1) is 17.7. The summed E-state index contributed by atoms with van der Waals surface area (Å²) in [6.07, 6.45) is 4.14. The first-order valence-electron chi connectivity index (χ1n) is 7.82. The third-order valence-corrected chi connectivity index (χ3v) is 6.83. The molecule has 6 nitrogen and oxygen atoms in total. The Morgan fingerprint density at radius 1 is 1.38 bits per heavy atom. The lowest BCUT2D eigenvalue weighted by atomic mass is 10.1. The molecule has 0 bridgehead atoms. The van der Waals surface area contributed by atoms with Crippen molar-refractivity contribution in [2.24, 2.45) is 0 Å². The summed E-state index contributed by atoms with van der Waals surface area (Å²) in [6, 6.07) is 5.24. The first-order chi connectivity index (χ1) is 12.3. The number of rotatable bonds is 5. The molecule has 2 aromatic heterocycles. The van der Waals surface area contributed by atoms with Crippen molar-refractivity contribution in [2.45, 2.75) is 24.5 Å². The van der Waals surface area contributed by atoms with Crippen molar-refractivity contribution in [2.75, 3.05) is 4.72 Å². The van der Waals surface area contributed by atoms with Crippen LogP contribution in [0.3, 0.4) is 0 Å². The molecule has 0 saturated heterocycles. The lowest BCUT2D eigenvalue weighted by Crippen LogP contribution is -2.21. The molecule has 0 amide bonds. The smallest absolute Gasteiger partial charge is 0.236 e. The van der Waals surface area contributed by atoms with Crippen LogP contribution in [-0.2, 0) is 16.4 Å². The zero-order chi connectivity index (χ0) is 18.5. The van der Waals surface area contributed by atoms with Crippen molar-refractivity contribution in [1.82, 2.24) is 14.6 Å². The predicted molar refractivity (Wildman–Crippen MR) is 100 cm³/mol. The highest BCUT2D eigenvalue weighted by Crippen LogP contribution is 2.32. The Labute approximate surface area is 162 Å². The van der Waals surface area contributed by atoms with Gasteiger partial charge in [-0.2, -0.15) is 0 Å². The van der Waals surface area contributed by atoms with Crippen LogP contribution in [0.15, 0.2) is 35.1 Å². The van der Waals surface area contributed by atoms with Crippen LogP contribution in [0.25, 0.3) is 5.65 Å². The second-order valence-electron chi connectivity index (χ2n) is 6.10. The number of anilines is 1. The summed E-state index contributed by atoms with van der Waals surface area (Å²) in [4.78, 5) is 3.95. The second kappa shape index (κ2) is 6.47. The summed E-state index contributed by atoms with van der Waals surface area (Å²) in [6.45, 7) is 0. The van der Waals surface area contributed by atoms with Gasteiger partial charge in [-0.05, 0) is 30.5 Å². The van der Waals surface area contributed by atoms with Crippen LogP contribution in [0.4, 0.5) is 10.2 Å². The summed E-state index contributed by atoms with van der Waals surface area (Å²) >= 11 is 9.57. The average molecular weight is 460 g/mol. The minimum atomic E-state index is -3.59. The summed E-state index contributed by atoms with van der Waals surface area (Å²) in [7, 11) is -3.59. The Kier molecular flexibility index (Phi) is 4.40. The van der Waals surface area contributed by atoms with Gasteiger partial charge in [0.2, 0.25) is 10.0 Å². The number of nitrogens with one attached hydrogen (secondary N) is 1. The lowest BCUT2D eigenvalue weighted by molar-refractivity contribution is 0.597. The molecule has 1 fully saturated rings. The van der Waals surface area contributed by atoms with Gasteiger partial charge in [-0.1, -0.05) is 33.6 Å². The molecule has 0 aliphatic heterocycles. The highest BCUT2D eigenvalue weighted by molar-refractivity contribution is 9.10. The number of fused-ring (bicyclic) bond motifs is 1. The van der Waals surface area contributed by atoms with Crippen LogP contribution >= 0.6 is 27.5 Å². The Hall–Kier alpha value is -1.71. The number of sulfonamides is 1.